The molecule has 1 aliphatic heterocycles. The summed E-state index contributed by atoms with van der Waals surface area (Å²) in [6, 6.07) is 13.5. The Hall–Kier alpha value is -1.45. The van der Waals surface area contributed by atoms with E-state index in [0.717, 1.165) is 17.6 Å². The lowest BCUT2D eigenvalue weighted by Gasteiger charge is -2.33. The van der Waals surface area contributed by atoms with E-state index in [1.165, 1.54) is 16.4 Å². The van der Waals surface area contributed by atoms with Gasteiger partial charge in [-0.15, -0.1) is 0 Å². The van der Waals surface area contributed by atoms with Crippen LogP contribution in [0.15, 0.2) is 57.9 Å². The first-order chi connectivity index (χ1) is 13.8. The molecule has 2 aromatic carbocycles. The highest BCUT2D eigenvalue weighted by Crippen LogP contribution is 2.24. The summed E-state index contributed by atoms with van der Waals surface area (Å²) in [5.41, 5.74) is 0.654. The second kappa shape index (κ2) is 9.57. The van der Waals surface area contributed by atoms with Gasteiger partial charge in [-0.3, -0.25) is 4.79 Å². The van der Waals surface area contributed by atoms with E-state index in [2.05, 4.69) is 20.8 Å². The number of nitrogens with zero attached hydrogens (tertiary/aromatic N) is 3. The Morgan fingerprint density at radius 2 is 1.69 bits per heavy atom. The summed E-state index contributed by atoms with van der Waals surface area (Å²) in [5.74, 6) is -0.203. The molecule has 6 nitrogen and oxygen atoms in total. The average molecular weight is 501 g/mol. The molecule has 1 aliphatic rings. The SMILES string of the molecule is CN1CCN(C(=O)CN(Cc2ccccc2Cl)S(=O)(=O)c2ccc(Br)cc2)CC1. The van der Waals surface area contributed by atoms with Crippen LogP contribution in [0.2, 0.25) is 5.02 Å². The molecule has 0 unspecified atom stereocenters. The number of benzene rings is 2. The summed E-state index contributed by atoms with van der Waals surface area (Å²) in [7, 11) is -1.88. The summed E-state index contributed by atoms with van der Waals surface area (Å²) in [6.45, 7) is 2.53. The third kappa shape index (κ3) is 5.58. The number of rotatable bonds is 6. The van der Waals surface area contributed by atoms with Crippen molar-refractivity contribution in [3.63, 3.8) is 0 Å². The van der Waals surface area contributed by atoms with Crippen molar-refractivity contribution < 1.29 is 13.2 Å². The maximum atomic E-state index is 13.3. The van der Waals surface area contributed by atoms with Crippen LogP contribution >= 0.6 is 27.5 Å². The summed E-state index contributed by atoms with van der Waals surface area (Å²) in [4.78, 5) is 16.9. The van der Waals surface area contributed by atoms with Gasteiger partial charge in [-0.05, 0) is 42.9 Å². The van der Waals surface area contributed by atoms with E-state index in [0.29, 0.717) is 23.7 Å². The molecule has 9 heteroatoms. The van der Waals surface area contributed by atoms with Gasteiger partial charge in [0.25, 0.3) is 0 Å². The Bertz CT molecular complexity index is 961. The average Bonchev–Trinajstić information content (AvgIpc) is 2.70. The van der Waals surface area contributed by atoms with Crippen LogP contribution in [-0.2, 0) is 21.4 Å². The zero-order chi connectivity index (χ0) is 21.0. The van der Waals surface area contributed by atoms with Crippen LogP contribution in [-0.4, -0.2) is 68.2 Å². The first-order valence-electron chi connectivity index (χ1n) is 9.23. The van der Waals surface area contributed by atoms with Gasteiger partial charge in [0.2, 0.25) is 15.9 Å². The van der Waals surface area contributed by atoms with Gasteiger partial charge in [0.1, 0.15) is 0 Å². The van der Waals surface area contributed by atoms with Gasteiger partial charge in [0.15, 0.2) is 0 Å². The molecule has 29 heavy (non-hydrogen) atoms. The van der Waals surface area contributed by atoms with Gasteiger partial charge in [0.05, 0.1) is 11.4 Å². The maximum absolute atomic E-state index is 13.3. The second-order valence-corrected chi connectivity index (χ2v) is 10.3. The predicted molar refractivity (Wildman–Crippen MR) is 117 cm³/mol. The molecule has 0 bridgehead atoms. The predicted octanol–water partition coefficient (Wildman–Crippen LogP) is 3.07. The van der Waals surface area contributed by atoms with Gasteiger partial charge in [-0.25, -0.2) is 8.42 Å². The largest absolute Gasteiger partial charge is 0.339 e. The van der Waals surface area contributed by atoms with Gasteiger partial charge < -0.3 is 9.80 Å². The lowest BCUT2D eigenvalue weighted by molar-refractivity contribution is -0.133. The number of sulfonamides is 1. The molecule has 0 aliphatic carbocycles. The summed E-state index contributed by atoms with van der Waals surface area (Å²) in [6.07, 6.45) is 0. The van der Waals surface area contributed by atoms with Crippen molar-refractivity contribution in [2.45, 2.75) is 11.4 Å². The zero-order valence-corrected chi connectivity index (χ0v) is 19.3. The highest BCUT2D eigenvalue weighted by Gasteiger charge is 2.30. The highest BCUT2D eigenvalue weighted by atomic mass is 79.9. The monoisotopic (exact) mass is 499 g/mol. The maximum Gasteiger partial charge on any atom is 0.243 e. The number of halogens is 2. The highest BCUT2D eigenvalue weighted by molar-refractivity contribution is 9.10. The molecule has 2 aromatic rings. The Labute approximate surface area is 185 Å². The first-order valence-corrected chi connectivity index (χ1v) is 11.8. The Kier molecular flexibility index (Phi) is 7.34. The fourth-order valence-corrected chi connectivity index (χ4v) is 4.93. The quantitative estimate of drug-likeness (QED) is 0.612. The number of piperazine rings is 1. The normalized spacial score (nSPS) is 15.7. The number of carbonyl (C=O) groups excluding carboxylic acids is 1. The van der Waals surface area contributed by atoms with Gasteiger partial charge >= 0.3 is 0 Å². The third-order valence-electron chi connectivity index (χ3n) is 4.92. The van der Waals surface area contributed by atoms with E-state index in [4.69, 9.17) is 11.6 Å². The fourth-order valence-electron chi connectivity index (χ4n) is 3.10. The number of carbonyl (C=O) groups is 1. The second-order valence-electron chi connectivity index (χ2n) is 7.00. The molecule has 1 heterocycles. The molecule has 0 spiro atoms. The Morgan fingerprint density at radius 3 is 2.31 bits per heavy atom. The number of likely N-dealkylation sites (N-methyl/N-ethyl adjacent to an activating group) is 1. The van der Waals surface area contributed by atoms with Crippen LogP contribution in [0.5, 0.6) is 0 Å². The van der Waals surface area contributed by atoms with Crippen LogP contribution in [0.3, 0.4) is 0 Å². The molecular formula is C20H23BrClN3O3S. The molecule has 1 saturated heterocycles. The zero-order valence-electron chi connectivity index (χ0n) is 16.1. The molecular weight excluding hydrogens is 478 g/mol. The van der Waals surface area contributed by atoms with E-state index >= 15 is 0 Å². The standard InChI is InChI=1S/C20H23BrClN3O3S/c1-23-10-12-24(13-11-23)20(26)15-25(14-16-4-2-3-5-19(16)22)29(27,28)18-8-6-17(21)7-9-18/h2-9H,10-15H2,1H3. The molecule has 3 rings (SSSR count). The van der Waals surface area contributed by atoms with Crippen LogP contribution < -0.4 is 0 Å². The van der Waals surface area contributed by atoms with E-state index in [-0.39, 0.29) is 23.9 Å². The topological polar surface area (TPSA) is 60.9 Å². The Balaban J connectivity index is 1.88. The summed E-state index contributed by atoms with van der Waals surface area (Å²) in [5, 5.41) is 0.468. The van der Waals surface area contributed by atoms with Crippen LogP contribution in [0.1, 0.15) is 5.56 Å². The van der Waals surface area contributed by atoms with Crippen molar-refractivity contribution in [2.75, 3.05) is 39.8 Å². The molecule has 0 radical (unpaired) electrons. The summed E-state index contributed by atoms with van der Waals surface area (Å²) >= 11 is 9.58. The Morgan fingerprint density at radius 1 is 1.07 bits per heavy atom. The molecule has 0 atom stereocenters. The summed E-state index contributed by atoms with van der Waals surface area (Å²) < 4.78 is 28.6. The number of hydrogen-bond acceptors (Lipinski definition) is 4. The van der Waals surface area contributed by atoms with Crippen molar-refractivity contribution in [3.05, 3.63) is 63.6 Å². The fraction of sp³-hybridized carbons (Fsp3) is 0.350. The minimum Gasteiger partial charge on any atom is -0.339 e. The third-order valence-corrected chi connectivity index (χ3v) is 7.63. The first kappa shape index (κ1) is 22.2. The lowest BCUT2D eigenvalue weighted by atomic mass is 10.2. The molecule has 0 aromatic heterocycles. The van der Waals surface area contributed by atoms with Crippen molar-refractivity contribution in [1.82, 2.24) is 14.1 Å². The van der Waals surface area contributed by atoms with Crippen molar-refractivity contribution in [2.24, 2.45) is 0 Å². The van der Waals surface area contributed by atoms with Crippen LogP contribution in [0, 0.1) is 0 Å². The molecule has 0 N–H and O–H groups in total. The van der Waals surface area contributed by atoms with E-state index < -0.39 is 10.0 Å². The number of amides is 1. The van der Waals surface area contributed by atoms with Crippen molar-refractivity contribution in [3.8, 4) is 0 Å². The van der Waals surface area contributed by atoms with Crippen molar-refractivity contribution in [1.29, 1.82) is 0 Å². The van der Waals surface area contributed by atoms with Crippen molar-refractivity contribution >= 4 is 43.5 Å². The molecule has 1 amide bonds. The molecule has 0 saturated carbocycles. The van der Waals surface area contributed by atoms with E-state index in [9.17, 15) is 13.2 Å². The minimum absolute atomic E-state index is 0.0254. The molecule has 156 valence electrons. The van der Waals surface area contributed by atoms with Gasteiger partial charge in [-0.1, -0.05) is 45.7 Å². The van der Waals surface area contributed by atoms with Crippen LogP contribution in [0.4, 0.5) is 0 Å². The minimum atomic E-state index is -3.88. The smallest absolute Gasteiger partial charge is 0.243 e. The number of hydrogen-bond donors (Lipinski definition) is 0. The van der Waals surface area contributed by atoms with Gasteiger partial charge in [-0.2, -0.15) is 4.31 Å². The lowest BCUT2D eigenvalue weighted by Crippen LogP contribution is -2.50. The molecule has 1 fully saturated rings. The van der Waals surface area contributed by atoms with Crippen LogP contribution in [0.25, 0.3) is 0 Å². The van der Waals surface area contributed by atoms with E-state index in [1.54, 1.807) is 41.3 Å². The van der Waals surface area contributed by atoms with E-state index in [1.807, 2.05) is 7.05 Å². The van der Waals surface area contributed by atoms with Gasteiger partial charge in [0, 0.05) is 42.2 Å².